The maximum Gasteiger partial charge on any atom is 0.257 e. The van der Waals surface area contributed by atoms with E-state index >= 15 is 0 Å². The topological polar surface area (TPSA) is 67.8 Å². The summed E-state index contributed by atoms with van der Waals surface area (Å²) in [5, 5.41) is 2.59. The van der Waals surface area contributed by atoms with Gasteiger partial charge in [-0.25, -0.2) is 18.7 Å². The minimum atomic E-state index is -0.907. The molecule has 0 saturated heterocycles. The molecule has 1 atom stereocenters. The second-order valence-electron chi connectivity index (χ2n) is 5.76. The third kappa shape index (κ3) is 3.56. The molecule has 7 heteroatoms. The molecule has 1 aromatic carbocycles. The normalized spacial score (nSPS) is 11.8. The van der Waals surface area contributed by atoms with Gasteiger partial charge in [-0.15, -0.1) is 0 Å². The van der Waals surface area contributed by atoms with Crippen molar-refractivity contribution >= 4 is 5.91 Å². The van der Waals surface area contributed by atoms with Crippen molar-refractivity contribution in [1.29, 1.82) is 0 Å². The van der Waals surface area contributed by atoms with Gasteiger partial charge in [0.05, 0.1) is 6.04 Å². The van der Waals surface area contributed by atoms with Crippen molar-refractivity contribution in [1.82, 2.24) is 20.3 Å². The van der Waals surface area contributed by atoms with Crippen LogP contribution in [0.5, 0.6) is 0 Å². The van der Waals surface area contributed by atoms with Crippen molar-refractivity contribution < 1.29 is 13.6 Å². The number of aryl methyl sites for hydroxylation is 1. The van der Waals surface area contributed by atoms with Crippen molar-refractivity contribution in [3.05, 3.63) is 77.4 Å². The van der Waals surface area contributed by atoms with Gasteiger partial charge in [0.15, 0.2) is 5.82 Å². The molecule has 3 aromatic rings. The van der Waals surface area contributed by atoms with E-state index in [0.717, 1.165) is 17.7 Å². The molecule has 0 spiro atoms. The third-order valence-electron chi connectivity index (χ3n) is 3.96. The van der Waals surface area contributed by atoms with Gasteiger partial charge < -0.3 is 5.32 Å². The van der Waals surface area contributed by atoms with Crippen LogP contribution >= 0.6 is 0 Å². The van der Waals surface area contributed by atoms with Crippen molar-refractivity contribution in [2.45, 2.75) is 19.9 Å². The lowest BCUT2D eigenvalue weighted by Crippen LogP contribution is -2.29. The van der Waals surface area contributed by atoms with E-state index in [1.165, 1.54) is 6.07 Å². The summed E-state index contributed by atoms with van der Waals surface area (Å²) in [5.41, 5.74) is 1.53. The zero-order valence-corrected chi connectivity index (χ0v) is 14.2. The van der Waals surface area contributed by atoms with Gasteiger partial charge in [0.1, 0.15) is 17.2 Å². The molecule has 26 heavy (non-hydrogen) atoms. The number of halogens is 2. The summed E-state index contributed by atoms with van der Waals surface area (Å²) in [6.45, 7) is 3.49. The summed E-state index contributed by atoms with van der Waals surface area (Å²) in [7, 11) is 0. The summed E-state index contributed by atoms with van der Waals surface area (Å²) in [6, 6.07) is 6.36. The van der Waals surface area contributed by atoms with Gasteiger partial charge in [-0.3, -0.25) is 9.78 Å². The first-order valence-corrected chi connectivity index (χ1v) is 7.96. The van der Waals surface area contributed by atoms with E-state index in [-0.39, 0.29) is 0 Å². The summed E-state index contributed by atoms with van der Waals surface area (Å²) >= 11 is 0. The first kappa shape index (κ1) is 17.6. The smallest absolute Gasteiger partial charge is 0.257 e. The molecule has 2 aromatic heterocycles. The molecule has 0 saturated carbocycles. The van der Waals surface area contributed by atoms with Crippen molar-refractivity contribution in [3.63, 3.8) is 0 Å². The average Bonchev–Trinajstić information content (AvgIpc) is 2.62. The Morgan fingerprint density at radius 1 is 1.12 bits per heavy atom. The van der Waals surface area contributed by atoms with Crippen molar-refractivity contribution in [2.75, 3.05) is 0 Å². The second kappa shape index (κ2) is 7.35. The van der Waals surface area contributed by atoms with Crippen LogP contribution in [0.2, 0.25) is 0 Å². The van der Waals surface area contributed by atoms with Crippen molar-refractivity contribution in [3.8, 4) is 11.4 Å². The quantitative estimate of drug-likeness (QED) is 0.777. The first-order chi connectivity index (χ1) is 12.5. The number of amides is 1. The average molecular weight is 354 g/mol. The van der Waals surface area contributed by atoms with Gasteiger partial charge in [-0.1, -0.05) is 6.07 Å². The molecule has 0 aliphatic rings. The van der Waals surface area contributed by atoms with E-state index in [2.05, 4.69) is 20.3 Å². The Bertz CT molecular complexity index is 927. The Kier molecular flexibility index (Phi) is 4.97. The molecular formula is C19H16F2N4O. The maximum absolute atomic E-state index is 13.7. The molecule has 1 amide bonds. The number of hydrogen-bond donors (Lipinski definition) is 1. The molecule has 5 nitrogen and oxygen atoms in total. The van der Waals surface area contributed by atoms with Gasteiger partial charge >= 0.3 is 0 Å². The number of carbonyl (C=O) groups is 1. The molecule has 0 bridgehead atoms. The standard InChI is InChI=1S/C19H16F2N4O/c1-11-14(10-23-18(24-11)13-6-8-22-9-7-13)12(2)25-19(26)17-15(20)4-3-5-16(17)21/h3-10,12H,1-2H3,(H,25,26). The van der Waals surface area contributed by atoms with E-state index in [9.17, 15) is 13.6 Å². The van der Waals surface area contributed by atoms with E-state index in [1.807, 2.05) is 0 Å². The number of pyridine rings is 1. The fourth-order valence-electron chi connectivity index (χ4n) is 2.60. The summed E-state index contributed by atoms with van der Waals surface area (Å²) < 4.78 is 27.5. The zero-order valence-electron chi connectivity index (χ0n) is 14.2. The second-order valence-corrected chi connectivity index (χ2v) is 5.76. The molecule has 132 valence electrons. The van der Waals surface area contributed by atoms with Crippen LogP contribution in [-0.2, 0) is 0 Å². The SMILES string of the molecule is Cc1nc(-c2ccncc2)ncc1C(C)NC(=O)c1c(F)cccc1F. The fourth-order valence-corrected chi connectivity index (χ4v) is 2.60. The maximum atomic E-state index is 13.7. The summed E-state index contributed by atoms with van der Waals surface area (Å²) in [4.78, 5) is 24.9. The number of aromatic nitrogens is 3. The van der Waals surface area contributed by atoms with Gasteiger partial charge in [-0.2, -0.15) is 0 Å². The zero-order chi connectivity index (χ0) is 18.7. The van der Waals surface area contributed by atoms with E-state index in [0.29, 0.717) is 17.1 Å². The van der Waals surface area contributed by atoms with Gasteiger partial charge in [0.2, 0.25) is 0 Å². The lowest BCUT2D eigenvalue weighted by Gasteiger charge is -2.17. The van der Waals surface area contributed by atoms with Crippen LogP contribution in [0.3, 0.4) is 0 Å². The lowest BCUT2D eigenvalue weighted by atomic mass is 10.1. The Hall–Kier alpha value is -3.22. The van der Waals surface area contributed by atoms with Crippen LogP contribution in [0, 0.1) is 18.6 Å². The van der Waals surface area contributed by atoms with E-state index in [4.69, 9.17) is 0 Å². The molecule has 0 aliphatic heterocycles. The Morgan fingerprint density at radius 3 is 2.38 bits per heavy atom. The number of rotatable bonds is 4. The van der Waals surface area contributed by atoms with Crippen LogP contribution in [0.4, 0.5) is 8.78 Å². The van der Waals surface area contributed by atoms with Gasteiger partial charge in [0, 0.05) is 35.4 Å². The highest BCUT2D eigenvalue weighted by Crippen LogP contribution is 2.20. The van der Waals surface area contributed by atoms with Gasteiger partial charge in [0.25, 0.3) is 5.91 Å². The highest BCUT2D eigenvalue weighted by molar-refractivity contribution is 5.95. The van der Waals surface area contributed by atoms with Crippen LogP contribution < -0.4 is 5.32 Å². The molecule has 0 radical (unpaired) electrons. The summed E-state index contributed by atoms with van der Waals surface area (Å²) in [6.07, 6.45) is 4.89. The number of nitrogens with zero attached hydrogens (tertiary/aromatic N) is 3. The highest BCUT2D eigenvalue weighted by Gasteiger charge is 2.20. The fraction of sp³-hybridized carbons (Fsp3) is 0.158. The predicted molar refractivity (Wildman–Crippen MR) is 92.2 cm³/mol. The third-order valence-corrected chi connectivity index (χ3v) is 3.96. The van der Waals surface area contributed by atoms with Gasteiger partial charge in [-0.05, 0) is 38.1 Å². The molecule has 0 aliphatic carbocycles. The molecule has 0 fully saturated rings. The van der Waals surface area contributed by atoms with E-state index < -0.39 is 29.1 Å². The first-order valence-electron chi connectivity index (χ1n) is 7.96. The summed E-state index contributed by atoms with van der Waals surface area (Å²) in [5.74, 6) is -2.11. The molecule has 1 unspecified atom stereocenters. The van der Waals surface area contributed by atoms with Crippen LogP contribution in [-0.4, -0.2) is 20.9 Å². The number of carbonyl (C=O) groups excluding carboxylic acids is 1. The molecule has 3 rings (SSSR count). The number of nitrogens with one attached hydrogen (secondary N) is 1. The Labute approximate surface area is 149 Å². The lowest BCUT2D eigenvalue weighted by molar-refractivity contribution is 0.0931. The largest absolute Gasteiger partial charge is 0.345 e. The van der Waals surface area contributed by atoms with Crippen LogP contribution in [0.25, 0.3) is 11.4 Å². The monoisotopic (exact) mass is 354 g/mol. The Balaban J connectivity index is 1.82. The Morgan fingerprint density at radius 2 is 1.77 bits per heavy atom. The van der Waals surface area contributed by atoms with E-state index in [1.54, 1.807) is 44.6 Å². The number of benzene rings is 1. The van der Waals surface area contributed by atoms with Crippen LogP contribution in [0.1, 0.15) is 34.6 Å². The van der Waals surface area contributed by atoms with Crippen LogP contribution in [0.15, 0.2) is 48.9 Å². The number of hydrogen-bond acceptors (Lipinski definition) is 4. The predicted octanol–water partition coefficient (Wildman–Crippen LogP) is 3.62. The van der Waals surface area contributed by atoms with Crippen molar-refractivity contribution in [2.24, 2.45) is 0 Å². The molecule has 2 heterocycles. The minimum absolute atomic E-state index is 0.520. The molecule has 1 N–H and O–H groups in total. The highest BCUT2D eigenvalue weighted by atomic mass is 19.1. The molecular weight excluding hydrogens is 338 g/mol. The minimum Gasteiger partial charge on any atom is -0.345 e.